The maximum atomic E-state index is 14.5. The molecule has 0 aliphatic rings. The second-order valence-electron chi connectivity index (χ2n) is 8.01. The molecule has 1 amide bonds. The van der Waals surface area contributed by atoms with Crippen molar-refractivity contribution in [1.29, 1.82) is 0 Å². The van der Waals surface area contributed by atoms with Crippen LogP contribution in [0.1, 0.15) is 29.8 Å². The van der Waals surface area contributed by atoms with Crippen LogP contribution in [0.5, 0.6) is 5.75 Å². The van der Waals surface area contributed by atoms with Crippen molar-refractivity contribution in [2.24, 2.45) is 0 Å². The van der Waals surface area contributed by atoms with E-state index in [0.717, 1.165) is 5.56 Å². The summed E-state index contributed by atoms with van der Waals surface area (Å²) in [6.07, 6.45) is 1.10. The molecule has 0 fully saturated rings. The van der Waals surface area contributed by atoms with Crippen LogP contribution in [0.3, 0.4) is 0 Å². The fraction of sp³-hybridized carbons (Fsp3) is 0.292. The minimum atomic E-state index is -0.932. The fourth-order valence-corrected chi connectivity index (χ4v) is 3.25. The summed E-state index contributed by atoms with van der Waals surface area (Å²) in [6.45, 7) is 2.76. The highest BCUT2D eigenvalue weighted by Gasteiger charge is 2.19. The standard InChI is InChI=1S/C24H26ClFN4O5/c1-14(2)35-21-8-7-17(9-20(21)26)28-24-29-23(34)19(22(33)27-18(12-31)13-32)11-30(24)10-15-3-5-16(25)6-4-15/h3-9,11,14,18,31-32H,10,12-13H2,1-2H3,(H,27,33)(H,28,29,34). The minimum absolute atomic E-state index is 0.0688. The van der Waals surface area contributed by atoms with E-state index in [4.69, 9.17) is 16.3 Å². The maximum absolute atomic E-state index is 14.5. The third-order valence-corrected chi connectivity index (χ3v) is 5.08. The number of carbonyl (C=O) groups is 1. The number of nitrogens with one attached hydrogen (secondary N) is 2. The van der Waals surface area contributed by atoms with Crippen LogP contribution >= 0.6 is 11.6 Å². The van der Waals surface area contributed by atoms with Gasteiger partial charge in [-0.15, -0.1) is 0 Å². The van der Waals surface area contributed by atoms with E-state index in [1.165, 1.54) is 22.9 Å². The summed E-state index contributed by atoms with van der Waals surface area (Å²) in [5.74, 6) is -1.23. The number of carbonyl (C=O) groups excluding carboxylic acids is 1. The SMILES string of the molecule is CC(C)Oc1ccc(Nc2nc(=O)c(C(=O)NC(CO)CO)cn2Cc2ccc(Cl)cc2)cc1F. The molecule has 0 atom stereocenters. The summed E-state index contributed by atoms with van der Waals surface area (Å²) in [5, 5.41) is 24.3. The number of amides is 1. The highest BCUT2D eigenvalue weighted by molar-refractivity contribution is 6.30. The van der Waals surface area contributed by atoms with Gasteiger partial charge in [-0.05, 0) is 43.7 Å². The molecule has 186 valence electrons. The van der Waals surface area contributed by atoms with Crippen LogP contribution in [-0.4, -0.2) is 51.0 Å². The number of halogens is 2. The number of rotatable bonds is 10. The van der Waals surface area contributed by atoms with Crippen molar-refractivity contribution in [1.82, 2.24) is 14.9 Å². The molecular weight excluding hydrogens is 479 g/mol. The quantitative estimate of drug-likeness (QED) is 0.334. The topological polar surface area (TPSA) is 126 Å². The van der Waals surface area contributed by atoms with Crippen molar-refractivity contribution >= 4 is 29.1 Å². The molecule has 9 nitrogen and oxygen atoms in total. The first-order valence-corrected chi connectivity index (χ1v) is 11.2. The van der Waals surface area contributed by atoms with Gasteiger partial charge in [-0.1, -0.05) is 23.7 Å². The zero-order valence-electron chi connectivity index (χ0n) is 19.2. The lowest BCUT2D eigenvalue weighted by Crippen LogP contribution is -2.42. The Morgan fingerprint density at radius 3 is 2.46 bits per heavy atom. The van der Waals surface area contributed by atoms with E-state index in [1.807, 2.05) is 0 Å². The van der Waals surface area contributed by atoms with Gasteiger partial charge in [0.15, 0.2) is 11.6 Å². The number of anilines is 2. The Labute approximate surface area is 206 Å². The molecule has 0 saturated carbocycles. The zero-order valence-corrected chi connectivity index (χ0v) is 19.9. The number of aliphatic hydroxyl groups is 2. The number of ether oxygens (including phenoxy) is 1. The van der Waals surface area contributed by atoms with E-state index >= 15 is 0 Å². The van der Waals surface area contributed by atoms with Crippen molar-refractivity contribution in [3.8, 4) is 5.75 Å². The van der Waals surface area contributed by atoms with Crippen LogP contribution in [0.25, 0.3) is 0 Å². The lowest BCUT2D eigenvalue weighted by atomic mass is 10.2. The molecular formula is C24H26ClFN4O5. The molecule has 0 spiro atoms. The highest BCUT2D eigenvalue weighted by Crippen LogP contribution is 2.24. The Hall–Kier alpha value is -3.47. The van der Waals surface area contributed by atoms with E-state index in [0.29, 0.717) is 10.7 Å². The van der Waals surface area contributed by atoms with E-state index < -0.39 is 36.5 Å². The van der Waals surface area contributed by atoms with E-state index in [-0.39, 0.29) is 29.9 Å². The predicted molar refractivity (Wildman–Crippen MR) is 130 cm³/mol. The second kappa shape index (κ2) is 11.8. The molecule has 1 heterocycles. The van der Waals surface area contributed by atoms with Crippen LogP contribution in [0, 0.1) is 5.82 Å². The molecule has 0 unspecified atom stereocenters. The summed E-state index contributed by atoms with van der Waals surface area (Å²) in [6, 6.07) is 10.3. The summed E-state index contributed by atoms with van der Waals surface area (Å²) < 4.78 is 21.4. The Morgan fingerprint density at radius 1 is 1.17 bits per heavy atom. The molecule has 3 rings (SSSR count). The van der Waals surface area contributed by atoms with Gasteiger partial charge >= 0.3 is 0 Å². The van der Waals surface area contributed by atoms with Gasteiger partial charge in [-0.2, -0.15) is 4.98 Å². The number of hydrogen-bond donors (Lipinski definition) is 4. The molecule has 0 radical (unpaired) electrons. The summed E-state index contributed by atoms with van der Waals surface area (Å²) in [7, 11) is 0. The average molecular weight is 505 g/mol. The first-order valence-electron chi connectivity index (χ1n) is 10.8. The number of aliphatic hydroxyl groups excluding tert-OH is 2. The molecule has 0 aliphatic heterocycles. The molecule has 0 bridgehead atoms. The lowest BCUT2D eigenvalue weighted by Gasteiger charge is -2.17. The average Bonchev–Trinajstić information content (AvgIpc) is 2.81. The molecule has 0 saturated heterocycles. The Kier molecular flexibility index (Phi) is 8.80. The zero-order chi connectivity index (χ0) is 25.5. The van der Waals surface area contributed by atoms with Gasteiger partial charge in [0, 0.05) is 23.0 Å². The first kappa shape index (κ1) is 26.1. The largest absolute Gasteiger partial charge is 0.488 e. The normalized spacial score (nSPS) is 11.1. The van der Waals surface area contributed by atoms with E-state index in [1.54, 1.807) is 44.2 Å². The summed E-state index contributed by atoms with van der Waals surface area (Å²) in [4.78, 5) is 29.2. The van der Waals surface area contributed by atoms with Gasteiger partial charge in [0.25, 0.3) is 11.5 Å². The van der Waals surface area contributed by atoms with Crippen LogP contribution in [-0.2, 0) is 6.54 Å². The molecule has 0 aliphatic carbocycles. The Morgan fingerprint density at radius 2 is 1.86 bits per heavy atom. The van der Waals surface area contributed by atoms with Gasteiger partial charge in [0.05, 0.1) is 31.9 Å². The van der Waals surface area contributed by atoms with Gasteiger partial charge in [0.1, 0.15) is 5.56 Å². The molecule has 4 N–H and O–H groups in total. The monoisotopic (exact) mass is 504 g/mol. The van der Waals surface area contributed by atoms with Crippen LogP contribution < -0.4 is 20.9 Å². The van der Waals surface area contributed by atoms with Crippen LogP contribution in [0.15, 0.2) is 53.5 Å². The van der Waals surface area contributed by atoms with Gasteiger partial charge < -0.3 is 30.2 Å². The summed E-state index contributed by atoms with van der Waals surface area (Å²) >= 11 is 5.96. The van der Waals surface area contributed by atoms with E-state index in [2.05, 4.69) is 15.6 Å². The third-order valence-electron chi connectivity index (χ3n) is 4.83. The molecule has 11 heteroatoms. The summed E-state index contributed by atoms with van der Waals surface area (Å²) in [5.41, 5.74) is -0.0200. The first-order chi connectivity index (χ1) is 16.7. The van der Waals surface area contributed by atoms with Crippen molar-refractivity contribution in [3.63, 3.8) is 0 Å². The second-order valence-corrected chi connectivity index (χ2v) is 8.45. The molecule has 1 aromatic heterocycles. The fourth-order valence-electron chi connectivity index (χ4n) is 3.12. The molecule has 3 aromatic rings. The van der Waals surface area contributed by atoms with Crippen molar-refractivity contribution in [2.75, 3.05) is 18.5 Å². The highest BCUT2D eigenvalue weighted by atomic mass is 35.5. The van der Waals surface area contributed by atoms with Gasteiger partial charge in [-0.25, -0.2) is 4.39 Å². The maximum Gasteiger partial charge on any atom is 0.287 e. The Balaban J connectivity index is 1.98. The van der Waals surface area contributed by atoms with Gasteiger partial charge in [0.2, 0.25) is 5.95 Å². The minimum Gasteiger partial charge on any atom is -0.488 e. The van der Waals surface area contributed by atoms with Crippen molar-refractivity contribution in [3.05, 3.63) is 81.0 Å². The van der Waals surface area contributed by atoms with Crippen molar-refractivity contribution in [2.45, 2.75) is 32.5 Å². The van der Waals surface area contributed by atoms with Crippen LogP contribution in [0.4, 0.5) is 16.0 Å². The van der Waals surface area contributed by atoms with E-state index in [9.17, 15) is 24.2 Å². The number of hydrogen-bond acceptors (Lipinski definition) is 7. The lowest BCUT2D eigenvalue weighted by molar-refractivity contribution is 0.0877. The third kappa shape index (κ3) is 7.01. The number of aromatic nitrogens is 2. The van der Waals surface area contributed by atoms with Crippen LogP contribution in [0.2, 0.25) is 5.02 Å². The Bertz CT molecular complexity index is 1230. The smallest absolute Gasteiger partial charge is 0.287 e. The molecule has 2 aromatic carbocycles. The number of benzene rings is 2. The predicted octanol–water partition coefficient (Wildman–Crippen LogP) is 2.70. The molecule has 35 heavy (non-hydrogen) atoms. The number of nitrogens with zero attached hydrogens (tertiary/aromatic N) is 2. The van der Waals surface area contributed by atoms with Gasteiger partial charge in [-0.3, -0.25) is 9.59 Å². The van der Waals surface area contributed by atoms with Crippen molar-refractivity contribution < 1.29 is 24.1 Å².